The van der Waals surface area contributed by atoms with E-state index in [1.165, 1.54) is 25.7 Å². The van der Waals surface area contributed by atoms with Crippen LogP contribution in [0.2, 0.25) is 0 Å². The van der Waals surface area contributed by atoms with E-state index >= 15 is 0 Å². The van der Waals surface area contributed by atoms with E-state index in [0.29, 0.717) is 17.4 Å². The molecule has 2 heteroatoms. The van der Waals surface area contributed by atoms with Gasteiger partial charge in [0.2, 0.25) is 0 Å². The maximum Gasteiger partial charge on any atom is 0.333 e. The molecule has 0 aromatic carbocycles. The summed E-state index contributed by atoms with van der Waals surface area (Å²) in [5, 5.41) is 0. The number of rotatable bonds is 2. The van der Waals surface area contributed by atoms with Crippen molar-refractivity contribution in [1.29, 1.82) is 0 Å². The SMILES string of the molecule is C=C(C)C(=O)OC1(C)C(C)CC2CC3CC1C3C2. The molecule has 18 heavy (non-hydrogen) atoms. The lowest BCUT2D eigenvalue weighted by atomic mass is 9.57. The van der Waals surface area contributed by atoms with Crippen LogP contribution in [0.3, 0.4) is 0 Å². The fourth-order valence-corrected chi connectivity index (χ4v) is 4.76. The largest absolute Gasteiger partial charge is 0.455 e. The predicted molar refractivity (Wildman–Crippen MR) is 70.9 cm³/mol. The van der Waals surface area contributed by atoms with Gasteiger partial charge in [-0.05, 0) is 63.2 Å². The number of hydrogen-bond acceptors (Lipinski definition) is 2. The van der Waals surface area contributed by atoms with E-state index in [9.17, 15) is 4.79 Å². The molecule has 0 aromatic rings. The Balaban J connectivity index is 1.85. The van der Waals surface area contributed by atoms with Crippen molar-refractivity contribution in [3.8, 4) is 0 Å². The first-order chi connectivity index (χ1) is 8.41. The molecule has 100 valence electrons. The van der Waals surface area contributed by atoms with Crippen LogP contribution in [0.1, 0.15) is 46.5 Å². The van der Waals surface area contributed by atoms with Gasteiger partial charge in [0, 0.05) is 11.5 Å². The highest BCUT2D eigenvalue weighted by molar-refractivity contribution is 5.87. The Bertz CT molecular complexity index is 400. The molecule has 3 fully saturated rings. The summed E-state index contributed by atoms with van der Waals surface area (Å²) < 4.78 is 5.90. The first-order valence-electron chi connectivity index (χ1n) is 7.30. The molecule has 0 radical (unpaired) electrons. The van der Waals surface area contributed by atoms with Crippen molar-refractivity contribution >= 4 is 5.97 Å². The highest BCUT2D eigenvalue weighted by Crippen LogP contribution is 2.63. The minimum Gasteiger partial charge on any atom is -0.455 e. The van der Waals surface area contributed by atoms with E-state index in [4.69, 9.17) is 4.74 Å². The molecule has 3 aliphatic carbocycles. The number of carbonyl (C=O) groups is 1. The molecule has 0 N–H and O–H groups in total. The molecule has 3 saturated carbocycles. The van der Waals surface area contributed by atoms with Crippen molar-refractivity contribution in [2.75, 3.05) is 0 Å². The van der Waals surface area contributed by atoms with E-state index in [1.807, 2.05) is 0 Å². The second-order valence-corrected chi connectivity index (χ2v) is 7.09. The second-order valence-electron chi connectivity index (χ2n) is 7.09. The van der Waals surface area contributed by atoms with Crippen LogP contribution in [0.15, 0.2) is 12.2 Å². The summed E-state index contributed by atoms with van der Waals surface area (Å²) in [5.74, 6) is 3.49. The first-order valence-corrected chi connectivity index (χ1v) is 7.30. The summed E-state index contributed by atoms with van der Waals surface area (Å²) in [7, 11) is 0. The molecule has 0 saturated heterocycles. The Labute approximate surface area is 110 Å². The average Bonchev–Trinajstić information content (AvgIpc) is 2.52. The highest BCUT2D eigenvalue weighted by atomic mass is 16.6. The minimum atomic E-state index is -0.258. The van der Waals surface area contributed by atoms with Crippen LogP contribution >= 0.6 is 0 Å². The van der Waals surface area contributed by atoms with Crippen LogP contribution in [0.4, 0.5) is 0 Å². The maximum absolute atomic E-state index is 11.9. The van der Waals surface area contributed by atoms with Gasteiger partial charge >= 0.3 is 5.97 Å². The van der Waals surface area contributed by atoms with Crippen molar-refractivity contribution in [3.63, 3.8) is 0 Å². The summed E-state index contributed by atoms with van der Waals surface area (Å²) >= 11 is 0. The smallest absolute Gasteiger partial charge is 0.333 e. The third-order valence-electron chi connectivity index (χ3n) is 5.98. The fraction of sp³-hybridized carbons (Fsp3) is 0.812. The Kier molecular flexibility index (Phi) is 2.62. The Morgan fingerprint density at radius 3 is 2.67 bits per heavy atom. The third-order valence-corrected chi connectivity index (χ3v) is 5.98. The van der Waals surface area contributed by atoms with Crippen molar-refractivity contribution < 1.29 is 9.53 Å². The molecule has 6 atom stereocenters. The molecule has 0 amide bonds. The van der Waals surface area contributed by atoms with Crippen LogP contribution in [-0.4, -0.2) is 11.6 Å². The van der Waals surface area contributed by atoms with Gasteiger partial charge < -0.3 is 4.74 Å². The average molecular weight is 248 g/mol. The number of ether oxygens (including phenoxy) is 1. The summed E-state index contributed by atoms with van der Waals surface area (Å²) in [6, 6.07) is 0. The van der Waals surface area contributed by atoms with Crippen molar-refractivity contribution in [2.45, 2.75) is 52.1 Å². The van der Waals surface area contributed by atoms with Crippen LogP contribution in [0.5, 0.6) is 0 Å². The number of carbonyl (C=O) groups excluding carboxylic acids is 1. The lowest BCUT2D eigenvalue weighted by Gasteiger charge is -2.52. The zero-order chi connectivity index (χ0) is 13.1. The van der Waals surface area contributed by atoms with E-state index in [2.05, 4.69) is 20.4 Å². The normalized spacial score (nSPS) is 49.2. The van der Waals surface area contributed by atoms with Gasteiger partial charge in [0.1, 0.15) is 5.60 Å². The van der Waals surface area contributed by atoms with Crippen LogP contribution in [0, 0.1) is 29.6 Å². The predicted octanol–water partition coefficient (Wildman–Crippen LogP) is 3.57. The fourth-order valence-electron chi connectivity index (χ4n) is 4.76. The highest BCUT2D eigenvalue weighted by Gasteiger charge is 2.60. The molecule has 0 aromatic heterocycles. The van der Waals surface area contributed by atoms with Gasteiger partial charge in [0.15, 0.2) is 0 Å². The molecule has 3 aliphatic rings. The lowest BCUT2D eigenvalue weighted by Crippen LogP contribution is -2.54. The van der Waals surface area contributed by atoms with Gasteiger partial charge in [0.05, 0.1) is 0 Å². The molecule has 6 unspecified atom stereocenters. The van der Waals surface area contributed by atoms with E-state index in [1.54, 1.807) is 6.92 Å². The van der Waals surface area contributed by atoms with Gasteiger partial charge in [-0.25, -0.2) is 4.79 Å². The maximum atomic E-state index is 11.9. The quantitative estimate of drug-likeness (QED) is 0.551. The van der Waals surface area contributed by atoms with Crippen LogP contribution < -0.4 is 0 Å². The molecular formula is C16H24O2. The van der Waals surface area contributed by atoms with E-state index < -0.39 is 0 Å². The molecule has 3 rings (SSSR count). The first kappa shape index (κ1) is 12.3. The minimum absolute atomic E-state index is 0.203. The zero-order valence-corrected chi connectivity index (χ0v) is 11.7. The van der Waals surface area contributed by atoms with Crippen LogP contribution in [0.25, 0.3) is 0 Å². The zero-order valence-electron chi connectivity index (χ0n) is 11.7. The molecule has 0 aliphatic heterocycles. The molecule has 0 spiro atoms. The molecule has 0 heterocycles. The number of esters is 1. The third kappa shape index (κ3) is 1.57. The van der Waals surface area contributed by atoms with Gasteiger partial charge in [0.25, 0.3) is 0 Å². The Morgan fingerprint density at radius 1 is 1.28 bits per heavy atom. The standard InChI is InChI=1S/C16H24O2/c1-9(2)15(17)18-16(4)10(3)5-11-6-12-8-14(16)13(12)7-11/h10-14H,1,5-8H2,2-4H3. The van der Waals surface area contributed by atoms with Crippen molar-refractivity contribution in [2.24, 2.45) is 29.6 Å². The van der Waals surface area contributed by atoms with Crippen LogP contribution in [-0.2, 0) is 9.53 Å². The molecule has 2 bridgehead atoms. The van der Waals surface area contributed by atoms with Gasteiger partial charge in [-0.2, -0.15) is 0 Å². The van der Waals surface area contributed by atoms with Gasteiger partial charge in [-0.3, -0.25) is 0 Å². The molecule has 2 nitrogen and oxygen atoms in total. The van der Waals surface area contributed by atoms with E-state index in [0.717, 1.165) is 17.8 Å². The second kappa shape index (κ2) is 3.85. The summed E-state index contributed by atoms with van der Waals surface area (Å²) in [6.07, 6.45) is 5.30. The summed E-state index contributed by atoms with van der Waals surface area (Å²) in [6.45, 7) is 9.88. The van der Waals surface area contributed by atoms with Gasteiger partial charge in [-0.15, -0.1) is 0 Å². The van der Waals surface area contributed by atoms with Gasteiger partial charge in [-0.1, -0.05) is 13.5 Å². The number of hydrogen-bond donors (Lipinski definition) is 0. The summed E-state index contributed by atoms with van der Waals surface area (Å²) in [5.41, 5.74) is 0.264. The summed E-state index contributed by atoms with van der Waals surface area (Å²) in [4.78, 5) is 11.9. The monoisotopic (exact) mass is 248 g/mol. The van der Waals surface area contributed by atoms with Crippen molar-refractivity contribution in [1.82, 2.24) is 0 Å². The van der Waals surface area contributed by atoms with E-state index in [-0.39, 0.29) is 11.6 Å². The molecular weight excluding hydrogens is 224 g/mol. The Hall–Kier alpha value is -0.790. The number of fused-ring (bicyclic) bond motifs is 1. The lowest BCUT2D eigenvalue weighted by molar-refractivity contribution is -0.183. The topological polar surface area (TPSA) is 26.3 Å². The Morgan fingerprint density at radius 2 is 2.00 bits per heavy atom. The van der Waals surface area contributed by atoms with Crippen molar-refractivity contribution in [3.05, 3.63) is 12.2 Å².